The number of carbonyl (C=O) groups is 1. The number of hydrogen-bond acceptors (Lipinski definition) is 6. The zero-order chi connectivity index (χ0) is 19.4. The Morgan fingerprint density at radius 2 is 1.74 bits per heavy atom. The molecule has 2 aromatic carbocycles. The number of para-hydroxylation sites is 1. The van der Waals surface area contributed by atoms with E-state index in [1.165, 1.54) is 11.3 Å². The van der Waals surface area contributed by atoms with Crippen LogP contribution in [0.5, 0.6) is 0 Å². The molecule has 0 saturated carbocycles. The van der Waals surface area contributed by atoms with Gasteiger partial charge in [0.25, 0.3) is 0 Å². The van der Waals surface area contributed by atoms with E-state index in [4.69, 9.17) is 0 Å². The van der Waals surface area contributed by atoms with Gasteiger partial charge in [-0.1, -0.05) is 59.4 Å². The van der Waals surface area contributed by atoms with E-state index in [0.717, 1.165) is 21.7 Å². The molecule has 7 nitrogen and oxygen atoms in total. The number of nitrogens with one attached hydrogen (secondary N) is 1. The van der Waals surface area contributed by atoms with Crippen molar-refractivity contribution >= 4 is 38.1 Å². The Morgan fingerprint density at radius 1 is 1.07 bits per heavy atom. The van der Waals surface area contributed by atoms with Crippen LogP contribution in [0.2, 0.25) is 0 Å². The van der Waals surface area contributed by atoms with Crippen LogP contribution in [0.15, 0.2) is 54.6 Å². The molecule has 0 atom stereocenters. The van der Waals surface area contributed by atoms with Gasteiger partial charge in [0.05, 0.1) is 11.9 Å². The SMILES string of the molecule is Cc1ccc(-c2nnc(NC(=O)CN(c3ccccc3)S(C)(=O)=O)s2)cc1. The minimum Gasteiger partial charge on any atom is -0.299 e. The predicted molar refractivity (Wildman–Crippen MR) is 107 cm³/mol. The number of anilines is 2. The Balaban J connectivity index is 1.72. The van der Waals surface area contributed by atoms with E-state index in [1.54, 1.807) is 30.3 Å². The summed E-state index contributed by atoms with van der Waals surface area (Å²) < 4.78 is 25.2. The zero-order valence-electron chi connectivity index (χ0n) is 14.8. The molecule has 0 aliphatic rings. The Kier molecular flexibility index (Phi) is 5.52. The number of nitrogens with zero attached hydrogens (tertiary/aromatic N) is 3. The maximum Gasteiger partial charge on any atom is 0.246 e. The lowest BCUT2D eigenvalue weighted by molar-refractivity contribution is -0.114. The number of sulfonamides is 1. The smallest absolute Gasteiger partial charge is 0.246 e. The number of rotatable bonds is 6. The van der Waals surface area contributed by atoms with Crippen molar-refractivity contribution in [3.63, 3.8) is 0 Å². The summed E-state index contributed by atoms with van der Waals surface area (Å²) in [6, 6.07) is 16.3. The number of carbonyl (C=O) groups excluding carboxylic acids is 1. The molecular weight excluding hydrogens is 384 g/mol. The summed E-state index contributed by atoms with van der Waals surface area (Å²) in [4.78, 5) is 12.4. The molecule has 1 amide bonds. The first kappa shape index (κ1) is 19.0. The second-order valence-corrected chi connectivity index (χ2v) is 8.82. The molecule has 27 heavy (non-hydrogen) atoms. The quantitative estimate of drug-likeness (QED) is 0.684. The highest BCUT2D eigenvalue weighted by atomic mass is 32.2. The van der Waals surface area contributed by atoms with Crippen LogP contribution in [0.3, 0.4) is 0 Å². The molecule has 3 aromatic rings. The third kappa shape index (κ3) is 4.89. The fraction of sp³-hybridized carbons (Fsp3) is 0.167. The number of aryl methyl sites for hydroxylation is 1. The molecule has 9 heteroatoms. The van der Waals surface area contributed by atoms with Gasteiger partial charge in [-0.3, -0.25) is 14.4 Å². The Hall–Kier alpha value is -2.78. The standard InChI is InChI=1S/C18H18N4O3S2/c1-13-8-10-14(11-9-13)17-20-21-18(26-17)19-16(23)12-22(27(2,24)25)15-6-4-3-5-7-15/h3-11H,12H2,1-2H3,(H,19,21,23). The molecule has 0 aliphatic heterocycles. The van der Waals surface area contributed by atoms with Gasteiger partial charge < -0.3 is 0 Å². The van der Waals surface area contributed by atoms with E-state index in [9.17, 15) is 13.2 Å². The number of benzene rings is 2. The van der Waals surface area contributed by atoms with Crippen molar-refractivity contribution in [2.24, 2.45) is 0 Å². The first-order valence-electron chi connectivity index (χ1n) is 8.06. The van der Waals surface area contributed by atoms with Gasteiger partial charge in [0.1, 0.15) is 11.6 Å². The van der Waals surface area contributed by atoms with Gasteiger partial charge in [0.2, 0.25) is 21.1 Å². The Labute approximate surface area is 161 Å². The zero-order valence-corrected chi connectivity index (χ0v) is 16.4. The van der Waals surface area contributed by atoms with Gasteiger partial charge in [0.15, 0.2) is 0 Å². The van der Waals surface area contributed by atoms with Crippen LogP contribution in [0.4, 0.5) is 10.8 Å². The number of aromatic nitrogens is 2. The molecule has 0 spiro atoms. The molecule has 0 fully saturated rings. The van der Waals surface area contributed by atoms with Crippen LogP contribution in [-0.2, 0) is 14.8 Å². The van der Waals surface area contributed by atoms with E-state index in [0.29, 0.717) is 15.8 Å². The molecule has 0 aliphatic carbocycles. The molecule has 1 heterocycles. The van der Waals surface area contributed by atoms with Crippen molar-refractivity contribution < 1.29 is 13.2 Å². The van der Waals surface area contributed by atoms with Crippen molar-refractivity contribution in [1.29, 1.82) is 0 Å². The second-order valence-electron chi connectivity index (χ2n) is 5.93. The van der Waals surface area contributed by atoms with Gasteiger partial charge in [-0.15, -0.1) is 10.2 Å². The number of amides is 1. The van der Waals surface area contributed by atoms with Gasteiger partial charge in [-0.2, -0.15) is 0 Å². The highest BCUT2D eigenvalue weighted by molar-refractivity contribution is 7.92. The van der Waals surface area contributed by atoms with Crippen molar-refractivity contribution in [3.05, 3.63) is 60.2 Å². The topological polar surface area (TPSA) is 92.3 Å². The molecule has 140 valence electrons. The fourth-order valence-corrected chi connectivity index (χ4v) is 3.99. The van der Waals surface area contributed by atoms with E-state index >= 15 is 0 Å². The van der Waals surface area contributed by atoms with E-state index in [-0.39, 0.29) is 6.54 Å². The van der Waals surface area contributed by atoms with Crippen molar-refractivity contribution in [1.82, 2.24) is 10.2 Å². The van der Waals surface area contributed by atoms with Crippen LogP contribution in [-0.4, -0.2) is 37.3 Å². The summed E-state index contributed by atoms with van der Waals surface area (Å²) in [6.07, 6.45) is 1.06. The van der Waals surface area contributed by atoms with E-state index < -0.39 is 15.9 Å². The molecule has 0 bridgehead atoms. The van der Waals surface area contributed by atoms with Gasteiger partial charge in [-0.05, 0) is 19.1 Å². The molecular formula is C18H18N4O3S2. The minimum absolute atomic E-state index is 0.317. The van der Waals surface area contributed by atoms with Crippen LogP contribution in [0.1, 0.15) is 5.56 Å². The van der Waals surface area contributed by atoms with Crippen LogP contribution in [0, 0.1) is 6.92 Å². The average Bonchev–Trinajstić information content (AvgIpc) is 3.08. The Morgan fingerprint density at radius 3 is 2.37 bits per heavy atom. The maximum absolute atomic E-state index is 12.4. The van der Waals surface area contributed by atoms with Gasteiger partial charge >= 0.3 is 0 Å². The normalized spacial score (nSPS) is 11.2. The molecule has 0 radical (unpaired) electrons. The summed E-state index contributed by atoms with van der Waals surface area (Å²) in [7, 11) is -3.61. The summed E-state index contributed by atoms with van der Waals surface area (Å²) in [6.45, 7) is 1.65. The summed E-state index contributed by atoms with van der Waals surface area (Å²) >= 11 is 1.23. The van der Waals surface area contributed by atoms with Crippen molar-refractivity contribution in [3.8, 4) is 10.6 Å². The fourth-order valence-electron chi connectivity index (χ4n) is 2.37. The molecule has 1 aromatic heterocycles. The van der Waals surface area contributed by atoms with Crippen LogP contribution >= 0.6 is 11.3 Å². The predicted octanol–water partition coefficient (Wildman–Crippen LogP) is 2.92. The van der Waals surface area contributed by atoms with Gasteiger partial charge in [-0.25, -0.2) is 8.42 Å². The van der Waals surface area contributed by atoms with Crippen molar-refractivity contribution in [2.75, 3.05) is 22.4 Å². The Bertz CT molecular complexity index is 1030. The van der Waals surface area contributed by atoms with E-state index in [2.05, 4.69) is 15.5 Å². The second kappa shape index (κ2) is 7.85. The first-order chi connectivity index (χ1) is 12.8. The van der Waals surface area contributed by atoms with Crippen LogP contribution in [0.25, 0.3) is 10.6 Å². The maximum atomic E-state index is 12.4. The third-order valence-electron chi connectivity index (χ3n) is 3.70. The summed E-state index contributed by atoms with van der Waals surface area (Å²) in [5.41, 5.74) is 2.46. The van der Waals surface area contributed by atoms with Gasteiger partial charge in [0, 0.05) is 5.56 Å². The summed E-state index contributed by atoms with van der Waals surface area (Å²) in [5.74, 6) is -0.490. The molecule has 0 saturated heterocycles. The highest BCUT2D eigenvalue weighted by Gasteiger charge is 2.21. The summed E-state index contributed by atoms with van der Waals surface area (Å²) in [5, 5.41) is 11.6. The first-order valence-corrected chi connectivity index (χ1v) is 10.7. The van der Waals surface area contributed by atoms with E-state index in [1.807, 2.05) is 31.2 Å². The van der Waals surface area contributed by atoms with Crippen molar-refractivity contribution in [2.45, 2.75) is 6.92 Å². The average molecular weight is 403 g/mol. The molecule has 0 unspecified atom stereocenters. The lowest BCUT2D eigenvalue weighted by Crippen LogP contribution is -2.37. The number of hydrogen-bond donors (Lipinski definition) is 1. The largest absolute Gasteiger partial charge is 0.299 e. The third-order valence-corrected chi connectivity index (χ3v) is 5.73. The lowest BCUT2D eigenvalue weighted by atomic mass is 10.2. The lowest BCUT2D eigenvalue weighted by Gasteiger charge is -2.21. The molecule has 3 rings (SSSR count). The minimum atomic E-state index is -3.61. The monoisotopic (exact) mass is 402 g/mol. The highest BCUT2D eigenvalue weighted by Crippen LogP contribution is 2.26. The molecule has 1 N–H and O–H groups in total. The van der Waals surface area contributed by atoms with Crippen LogP contribution < -0.4 is 9.62 Å².